The molecule has 0 radical (unpaired) electrons. The van der Waals surface area contributed by atoms with E-state index in [1.165, 1.54) is 7.11 Å². The van der Waals surface area contributed by atoms with E-state index < -0.39 is 0 Å². The highest BCUT2D eigenvalue weighted by Gasteiger charge is 2.25. The van der Waals surface area contributed by atoms with Gasteiger partial charge in [-0.1, -0.05) is 29.8 Å². The fourth-order valence-electron chi connectivity index (χ4n) is 3.81. The number of nitrogens with one attached hydrogen (secondary N) is 1. The third-order valence-corrected chi connectivity index (χ3v) is 5.82. The maximum atomic E-state index is 13.0. The van der Waals surface area contributed by atoms with Gasteiger partial charge in [-0.3, -0.25) is 14.5 Å². The Morgan fingerprint density at radius 3 is 2.34 bits per heavy atom. The van der Waals surface area contributed by atoms with Gasteiger partial charge in [-0.25, -0.2) is 0 Å². The van der Waals surface area contributed by atoms with E-state index in [-0.39, 0.29) is 11.8 Å². The van der Waals surface area contributed by atoms with Crippen molar-refractivity contribution >= 4 is 29.1 Å². The van der Waals surface area contributed by atoms with E-state index >= 15 is 0 Å². The summed E-state index contributed by atoms with van der Waals surface area (Å²) in [5.41, 5.74) is 3.40. The van der Waals surface area contributed by atoms with Gasteiger partial charge in [0.25, 0.3) is 5.91 Å². The van der Waals surface area contributed by atoms with Gasteiger partial charge in [0.05, 0.1) is 25.3 Å². The zero-order chi connectivity index (χ0) is 23.3. The van der Waals surface area contributed by atoms with E-state index in [0.29, 0.717) is 61.4 Å². The van der Waals surface area contributed by atoms with Gasteiger partial charge in [0.15, 0.2) is 11.5 Å². The predicted molar refractivity (Wildman–Crippen MR) is 126 cm³/mol. The van der Waals surface area contributed by atoms with Crippen molar-refractivity contribution in [1.29, 1.82) is 0 Å². The number of carbonyl (C=O) groups excluding carboxylic acids is 2. The molecule has 1 fully saturated rings. The molecule has 2 amide bonds. The van der Waals surface area contributed by atoms with Crippen LogP contribution in [-0.4, -0.2) is 68.1 Å². The molecule has 1 aliphatic rings. The smallest absolute Gasteiger partial charge is 0.254 e. The van der Waals surface area contributed by atoms with E-state index in [2.05, 4.69) is 10.2 Å². The number of aryl methyl sites for hydroxylation is 2. The van der Waals surface area contributed by atoms with Crippen LogP contribution in [0.5, 0.6) is 11.5 Å². The van der Waals surface area contributed by atoms with Crippen LogP contribution in [0.2, 0.25) is 5.02 Å². The molecule has 2 aromatic rings. The first-order chi connectivity index (χ1) is 15.3. The van der Waals surface area contributed by atoms with Crippen LogP contribution in [0.15, 0.2) is 30.3 Å². The van der Waals surface area contributed by atoms with E-state index in [4.69, 9.17) is 21.1 Å². The number of rotatable bonds is 7. The number of nitrogens with zero attached hydrogens (tertiary/aromatic N) is 2. The van der Waals surface area contributed by atoms with E-state index in [0.717, 1.165) is 16.8 Å². The number of anilines is 1. The molecular formula is C24H30ClN3O4. The highest BCUT2D eigenvalue weighted by molar-refractivity contribution is 6.32. The molecule has 2 aromatic carbocycles. The van der Waals surface area contributed by atoms with Crippen LogP contribution in [0.1, 0.15) is 28.4 Å². The van der Waals surface area contributed by atoms with Crippen molar-refractivity contribution < 1.29 is 19.1 Å². The van der Waals surface area contributed by atoms with Gasteiger partial charge >= 0.3 is 0 Å². The molecule has 0 spiro atoms. The number of halogens is 1. The monoisotopic (exact) mass is 459 g/mol. The van der Waals surface area contributed by atoms with Crippen molar-refractivity contribution in [3.8, 4) is 11.5 Å². The number of para-hydroxylation sites is 1. The zero-order valence-electron chi connectivity index (χ0n) is 19.0. The molecule has 7 nitrogen and oxygen atoms in total. The molecule has 3 rings (SSSR count). The molecule has 172 valence electrons. The van der Waals surface area contributed by atoms with Crippen LogP contribution < -0.4 is 14.8 Å². The number of amides is 2. The largest absolute Gasteiger partial charge is 0.493 e. The number of carbonyl (C=O) groups is 2. The first kappa shape index (κ1) is 23.9. The second-order valence-corrected chi connectivity index (χ2v) is 8.21. The van der Waals surface area contributed by atoms with Gasteiger partial charge in [-0.05, 0) is 44.0 Å². The molecule has 8 heteroatoms. The molecule has 1 saturated heterocycles. The first-order valence-electron chi connectivity index (χ1n) is 10.7. The van der Waals surface area contributed by atoms with E-state index in [9.17, 15) is 9.59 Å². The second-order valence-electron chi connectivity index (χ2n) is 7.81. The predicted octanol–water partition coefficient (Wildman–Crippen LogP) is 3.76. The summed E-state index contributed by atoms with van der Waals surface area (Å²) in [6, 6.07) is 9.21. The Hall–Kier alpha value is -2.77. The molecule has 0 bridgehead atoms. The number of hydrogen-bond acceptors (Lipinski definition) is 5. The molecular weight excluding hydrogens is 430 g/mol. The van der Waals surface area contributed by atoms with Gasteiger partial charge in [-0.2, -0.15) is 0 Å². The number of ether oxygens (including phenoxy) is 2. The maximum Gasteiger partial charge on any atom is 0.254 e. The average molecular weight is 460 g/mol. The van der Waals surface area contributed by atoms with Crippen molar-refractivity contribution in [2.45, 2.75) is 20.8 Å². The van der Waals surface area contributed by atoms with Gasteiger partial charge in [0.1, 0.15) is 0 Å². The fourth-order valence-corrected chi connectivity index (χ4v) is 4.08. The van der Waals surface area contributed by atoms with Crippen molar-refractivity contribution in [3.05, 3.63) is 52.0 Å². The number of piperazine rings is 1. The van der Waals surface area contributed by atoms with Crippen LogP contribution in [-0.2, 0) is 4.79 Å². The SMILES string of the molecule is CCOc1c(Cl)cc(C(=O)N2CCN(CC(=O)Nc3c(C)cccc3C)CC2)cc1OC. The fraction of sp³-hybridized carbons (Fsp3) is 0.417. The van der Waals surface area contributed by atoms with Gasteiger partial charge < -0.3 is 19.7 Å². The van der Waals surface area contributed by atoms with Crippen molar-refractivity contribution in [2.24, 2.45) is 0 Å². The van der Waals surface area contributed by atoms with Crippen LogP contribution in [0.25, 0.3) is 0 Å². The molecule has 1 N–H and O–H groups in total. The second kappa shape index (κ2) is 10.7. The number of benzene rings is 2. The Balaban J connectivity index is 1.58. The van der Waals surface area contributed by atoms with E-state index in [1.54, 1.807) is 17.0 Å². The third kappa shape index (κ3) is 5.53. The summed E-state index contributed by atoms with van der Waals surface area (Å²) in [4.78, 5) is 29.4. The van der Waals surface area contributed by atoms with Crippen LogP contribution >= 0.6 is 11.6 Å². The molecule has 0 atom stereocenters. The van der Waals surface area contributed by atoms with Crippen LogP contribution in [0.4, 0.5) is 5.69 Å². The maximum absolute atomic E-state index is 13.0. The highest BCUT2D eigenvalue weighted by Crippen LogP contribution is 2.36. The lowest BCUT2D eigenvalue weighted by Crippen LogP contribution is -2.50. The minimum atomic E-state index is -0.118. The van der Waals surface area contributed by atoms with Crippen LogP contribution in [0.3, 0.4) is 0 Å². The minimum Gasteiger partial charge on any atom is -0.493 e. The Bertz CT molecular complexity index is 967. The molecule has 1 aliphatic heterocycles. The third-order valence-electron chi connectivity index (χ3n) is 5.54. The molecule has 0 aromatic heterocycles. The Labute approximate surface area is 194 Å². The topological polar surface area (TPSA) is 71.1 Å². The molecule has 1 heterocycles. The standard InChI is InChI=1S/C24H30ClN3O4/c1-5-32-23-19(25)13-18(14-20(23)31-4)24(30)28-11-9-27(10-12-28)15-21(29)26-22-16(2)7-6-8-17(22)3/h6-8,13-14H,5,9-12,15H2,1-4H3,(H,26,29). The molecule has 0 aliphatic carbocycles. The van der Waals surface area contributed by atoms with Gasteiger partial charge in [-0.15, -0.1) is 0 Å². The Kier molecular flexibility index (Phi) is 7.99. The summed E-state index contributed by atoms with van der Waals surface area (Å²) in [6.07, 6.45) is 0. The summed E-state index contributed by atoms with van der Waals surface area (Å²) in [6.45, 7) is 8.86. The normalized spacial score (nSPS) is 14.2. The highest BCUT2D eigenvalue weighted by atomic mass is 35.5. The van der Waals surface area contributed by atoms with Crippen LogP contribution in [0, 0.1) is 13.8 Å². The lowest BCUT2D eigenvalue weighted by atomic mass is 10.1. The zero-order valence-corrected chi connectivity index (χ0v) is 19.8. The molecule has 0 saturated carbocycles. The number of methoxy groups -OCH3 is 1. The van der Waals surface area contributed by atoms with Crippen molar-refractivity contribution in [2.75, 3.05) is 51.8 Å². The van der Waals surface area contributed by atoms with Gasteiger partial charge in [0, 0.05) is 37.4 Å². The Morgan fingerprint density at radius 1 is 1.09 bits per heavy atom. The summed E-state index contributed by atoms with van der Waals surface area (Å²) >= 11 is 6.32. The number of hydrogen-bond donors (Lipinski definition) is 1. The summed E-state index contributed by atoms with van der Waals surface area (Å²) in [5.74, 6) is 0.704. The van der Waals surface area contributed by atoms with Crippen molar-refractivity contribution in [1.82, 2.24) is 9.80 Å². The average Bonchev–Trinajstić information content (AvgIpc) is 2.77. The quantitative estimate of drug-likeness (QED) is 0.682. The lowest BCUT2D eigenvalue weighted by Gasteiger charge is -2.34. The lowest BCUT2D eigenvalue weighted by molar-refractivity contribution is -0.117. The Morgan fingerprint density at radius 2 is 1.75 bits per heavy atom. The van der Waals surface area contributed by atoms with E-state index in [1.807, 2.05) is 39.0 Å². The summed E-state index contributed by atoms with van der Waals surface area (Å²) < 4.78 is 10.9. The first-order valence-corrected chi connectivity index (χ1v) is 11.1. The minimum absolute atomic E-state index is 0.0507. The molecule has 0 unspecified atom stereocenters. The summed E-state index contributed by atoms with van der Waals surface area (Å²) in [5, 5.41) is 3.36. The molecule has 32 heavy (non-hydrogen) atoms. The van der Waals surface area contributed by atoms with Crippen molar-refractivity contribution in [3.63, 3.8) is 0 Å². The summed E-state index contributed by atoms with van der Waals surface area (Å²) in [7, 11) is 1.52. The van der Waals surface area contributed by atoms with Gasteiger partial charge in [0.2, 0.25) is 5.91 Å².